The average Bonchev–Trinajstić information content (AvgIpc) is 2.72. The minimum Gasteiger partial charge on any atom is -0.395 e. The number of nitrogens with one attached hydrogen (secondary N) is 1. The van der Waals surface area contributed by atoms with Crippen molar-refractivity contribution in [2.45, 2.75) is 0 Å². The molecule has 0 aliphatic heterocycles. The van der Waals surface area contributed by atoms with E-state index in [4.69, 9.17) is 5.11 Å². The van der Waals surface area contributed by atoms with E-state index in [0.29, 0.717) is 13.1 Å². The molecule has 1 aromatic carbocycles. The van der Waals surface area contributed by atoms with Crippen molar-refractivity contribution >= 4 is 17.0 Å². The monoisotopic (exact) mass is 217 g/mol. The molecule has 1 aromatic heterocycles. The summed E-state index contributed by atoms with van der Waals surface area (Å²) >= 11 is 0. The van der Waals surface area contributed by atoms with Crippen LogP contribution in [0.25, 0.3) is 11.0 Å². The summed E-state index contributed by atoms with van der Waals surface area (Å²) in [4.78, 5) is 9.63. The van der Waals surface area contributed by atoms with Crippen LogP contribution < -0.4 is 4.90 Å². The Balaban J connectivity index is 2.32. The second kappa shape index (κ2) is 4.81. The molecule has 0 radical (unpaired) electrons. The van der Waals surface area contributed by atoms with Gasteiger partial charge >= 0.3 is 0 Å². The second-order valence-electron chi connectivity index (χ2n) is 3.54. The molecule has 0 fully saturated rings. The smallest absolute Gasteiger partial charge is 0.204 e. The number of fused-ring (bicyclic) bond motifs is 1. The van der Waals surface area contributed by atoms with E-state index in [-0.39, 0.29) is 6.61 Å². The molecule has 0 bridgehead atoms. The number of nitrogens with zero attached hydrogens (tertiary/aromatic N) is 2. The topological polar surface area (TPSA) is 52.1 Å². The molecule has 0 saturated heterocycles. The van der Waals surface area contributed by atoms with E-state index < -0.39 is 0 Å². The number of rotatable bonds is 5. The highest BCUT2D eigenvalue weighted by molar-refractivity contribution is 5.77. The first-order valence-electron chi connectivity index (χ1n) is 5.26. The van der Waals surface area contributed by atoms with Gasteiger partial charge in [0.15, 0.2) is 0 Å². The van der Waals surface area contributed by atoms with Crippen molar-refractivity contribution in [3.63, 3.8) is 0 Å². The highest BCUT2D eigenvalue weighted by atomic mass is 16.3. The third-order valence-corrected chi connectivity index (χ3v) is 2.40. The fraction of sp³-hybridized carbons (Fsp3) is 0.250. The maximum absolute atomic E-state index is 8.98. The number of H-pyrrole nitrogens is 1. The van der Waals surface area contributed by atoms with Gasteiger partial charge in [0, 0.05) is 13.1 Å². The molecule has 2 rings (SSSR count). The molecule has 0 saturated carbocycles. The Kier molecular flexibility index (Phi) is 3.22. The molecule has 84 valence electrons. The minimum atomic E-state index is 0.102. The third kappa shape index (κ3) is 2.06. The fourth-order valence-electron chi connectivity index (χ4n) is 1.65. The van der Waals surface area contributed by atoms with Gasteiger partial charge in [-0.05, 0) is 12.1 Å². The highest BCUT2D eigenvalue weighted by Gasteiger charge is 2.08. The van der Waals surface area contributed by atoms with Gasteiger partial charge in [0.1, 0.15) is 0 Å². The molecule has 0 atom stereocenters. The van der Waals surface area contributed by atoms with E-state index in [2.05, 4.69) is 16.5 Å². The Morgan fingerprint density at radius 2 is 2.25 bits per heavy atom. The van der Waals surface area contributed by atoms with Crippen LogP contribution in [0.4, 0.5) is 5.95 Å². The summed E-state index contributed by atoms with van der Waals surface area (Å²) in [7, 11) is 0. The third-order valence-electron chi connectivity index (χ3n) is 2.40. The van der Waals surface area contributed by atoms with Crippen LogP contribution in [-0.2, 0) is 0 Å². The van der Waals surface area contributed by atoms with Gasteiger partial charge in [-0.2, -0.15) is 0 Å². The largest absolute Gasteiger partial charge is 0.395 e. The quantitative estimate of drug-likeness (QED) is 0.747. The molecule has 16 heavy (non-hydrogen) atoms. The fourth-order valence-corrected chi connectivity index (χ4v) is 1.65. The van der Waals surface area contributed by atoms with Gasteiger partial charge in [-0.15, -0.1) is 6.58 Å². The van der Waals surface area contributed by atoms with Gasteiger partial charge in [-0.1, -0.05) is 18.2 Å². The number of para-hydroxylation sites is 2. The number of hydrogen-bond acceptors (Lipinski definition) is 3. The maximum Gasteiger partial charge on any atom is 0.204 e. The first-order valence-corrected chi connectivity index (χ1v) is 5.26. The van der Waals surface area contributed by atoms with Crippen molar-refractivity contribution in [1.82, 2.24) is 9.97 Å². The molecular formula is C12H15N3O. The van der Waals surface area contributed by atoms with E-state index in [0.717, 1.165) is 17.0 Å². The molecule has 0 amide bonds. The summed E-state index contributed by atoms with van der Waals surface area (Å²) in [5.41, 5.74) is 1.94. The minimum absolute atomic E-state index is 0.102. The Bertz CT molecular complexity index is 445. The molecule has 2 aromatic rings. The standard InChI is InChI=1S/C12H15N3O/c1-2-7-15(8-9-16)12-13-10-5-3-4-6-11(10)14-12/h2-6,16H,1,7-9H2,(H,13,14). The molecular weight excluding hydrogens is 202 g/mol. The molecule has 0 unspecified atom stereocenters. The summed E-state index contributed by atoms with van der Waals surface area (Å²) in [6, 6.07) is 7.86. The van der Waals surface area contributed by atoms with Crippen LogP contribution in [0, 0.1) is 0 Å². The number of aromatic nitrogens is 2. The zero-order chi connectivity index (χ0) is 11.4. The molecule has 2 N–H and O–H groups in total. The number of imidazole rings is 1. The van der Waals surface area contributed by atoms with Crippen molar-refractivity contribution in [3.8, 4) is 0 Å². The predicted molar refractivity (Wildman–Crippen MR) is 65.6 cm³/mol. The molecule has 0 spiro atoms. The Labute approximate surface area is 94.2 Å². The van der Waals surface area contributed by atoms with Crippen LogP contribution in [-0.4, -0.2) is 34.8 Å². The highest BCUT2D eigenvalue weighted by Crippen LogP contribution is 2.16. The van der Waals surface area contributed by atoms with E-state index in [1.807, 2.05) is 29.2 Å². The first-order chi connectivity index (χ1) is 7.85. The van der Waals surface area contributed by atoms with Crippen LogP contribution in [0.3, 0.4) is 0 Å². The van der Waals surface area contributed by atoms with E-state index >= 15 is 0 Å². The van der Waals surface area contributed by atoms with Crippen LogP contribution >= 0.6 is 0 Å². The number of hydrogen-bond donors (Lipinski definition) is 2. The van der Waals surface area contributed by atoms with Crippen molar-refractivity contribution in [2.75, 3.05) is 24.6 Å². The molecule has 0 aliphatic carbocycles. The summed E-state index contributed by atoms with van der Waals surface area (Å²) in [5, 5.41) is 8.98. The van der Waals surface area contributed by atoms with E-state index in [9.17, 15) is 0 Å². The Hall–Kier alpha value is -1.81. The van der Waals surface area contributed by atoms with E-state index in [1.54, 1.807) is 6.08 Å². The van der Waals surface area contributed by atoms with Gasteiger partial charge in [-0.25, -0.2) is 4.98 Å². The van der Waals surface area contributed by atoms with Crippen LogP contribution in [0.5, 0.6) is 0 Å². The van der Waals surface area contributed by atoms with Crippen LogP contribution in [0.15, 0.2) is 36.9 Å². The molecule has 1 heterocycles. The van der Waals surface area contributed by atoms with Gasteiger partial charge in [-0.3, -0.25) is 0 Å². The number of benzene rings is 1. The normalized spacial score (nSPS) is 10.6. The van der Waals surface area contributed by atoms with Crippen molar-refractivity contribution in [3.05, 3.63) is 36.9 Å². The molecule has 4 nitrogen and oxygen atoms in total. The van der Waals surface area contributed by atoms with Crippen LogP contribution in [0.1, 0.15) is 0 Å². The van der Waals surface area contributed by atoms with Crippen LogP contribution in [0.2, 0.25) is 0 Å². The zero-order valence-corrected chi connectivity index (χ0v) is 9.06. The van der Waals surface area contributed by atoms with Gasteiger partial charge < -0.3 is 15.0 Å². The number of anilines is 1. The van der Waals surface area contributed by atoms with Gasteiger partial charge in [0.2, 0.25) is 5.95 Å². The maximum atomic E-state index is 8.98. The van der Waals surface area contributed by atoms with Gasteiger partial charge in [0.25, 0.3) is 0 Å². The van der Waals surface area contributed by atoms with Crippen molar-refractivity contribution < 1.29 is 5.11 Å². The second-order valence-corrected chi connectivity index (χ2v) is 3.54. The van der Waals surface area contributed by atoms with Gasteiger partial charge in [0.05, 0.1) is 17.6 Å². The Morgan fingerprint density at radius 3 is 2.94 bits per heavy atom. The predicted octanol–water partition coefficient (Wildman–Crippen LogP) is 1.55. The van der Waals surface area contributed by atoms with Crippen molar-refractivity contribution in [2.24, 2.45) is 0 Å². The lowest BCUT2D eigenvalue weighted by molar-refractivity contribution is 0.302. The summed E-state index contributed by atoms with van der Waals surface area (Å²) in [6.07, 6.45) is 1.79. The lowest BCUT2D eigenvalue weighted by Gasteiger charge is -2.18. The number of aromatic amines is 1. The lowest BCUT2D eigenvalue weighted by atomic mass is 10.3. The number of aliphatic hydroxyl groups is 1. The molecule has 0 aliphatic rings. The number of aliphatic hydroxyl groups excluding tert-OH is 1. The SMILES string of the molecule is C=CCN(CCO)c1nc2ccccc2[nH]1. The lowest BCUT2D eigenvalue weighted by Crippen LogP contribution is -2.27. The van der Waals surface area contributed by atoms with Crippen molar-refractivity contribution in [1.29, 1.82) is 0 Å². The van der Waals surface area contributed by atoms with E-state index in [1.165, 1.54) is 0 Å². The average molecular weight is 217 g/mol. The summed E-state index contributed by atoms with van der Waals surface area (Å²) in [6.45, 7) is 5.01. The zero-order valence-electron chi connectivity index (χ0n) is 9.06. The first kappa shape index (κ1) is 10.7. The molecule has 4 heteroatoms. The Morgan fingerprint density at radius 1 is 1.44 bits per heavy atom. The summed E-state index contributed by atoms with van der Waals surface area (Å²) in [5.74, 6) is 0.773. The summed E-state index contributed by atoms with van der Waals surface area (Å²) < 4.78 is 0.